The van der Waals surface area contributed by atoms with Gasteiger partial charge in [0.2, 0.25) is 10.9 Å². The van der Waals surface area contributed by atoms with Crippen molar-refractivity contribution in [2.75, 3.05) is 11.5 Å². The highest BCUT2D eigenvalue weighted by Gasteiger charge is 2.45. The zero-order chi connectivity index (χ0) is 26.8. The van der Waals surface area contributed by atoms with Gasteiger partial charge in [-0.1, -0.05) is 63.5 Å². The van der Waals surface area contributed by atoms with Crippen molar-refractivity contribution in [2.24, 2.45) is 5.92 Å². The predicted molar refractivity (Wildman–Crippen MR) is 146 cm³/mol. The maximum atomic E-state index is 14.0. The van der Waals surface area contributed by atoms with Crippen LogP contribution in [0.25, 0.3) is 11.0 Å². The van der Waals surface area contributed by atoms with Crippen molar-refractivity contribution in [3.05, 3.63) is 80.4 Å². The minimum absolute atomic E-state index is 0.0593. The second-order valence-corrected chi connectivity index (χ2v) is 11.0. The number of halogens is 1. The highest BCUT2D eigenvalue weighted by atomic mass is 32.1. The second kappa shape index (κ2) is 11.0. The SMILES string of the molecule is CCCCCCOc1ccc(C2c3c(oc4ccc(F)cc4c3=O)C(=O)N2c2nnc(CC(C)C)s2)cc1. The molecular weight excluding hydrogens is 505 g/mol. The molecule has 2 aromatic heterocycles. The smallest absolute Gasteiger partial charge is 0.297 e. The summed E-state index contributed by atoms with van der Waals surface area (Å²) in [4.78, 5) is 28.8. The maximum Gasteiger partial charge on any atom is 0.297 e. The lowest BCUT2D eigenvalue weighted by atomic mass is 9.98. The monoisotopic (exact) mass is 535 g/mol. The van der Waals surface area contributed by atoms with Gasteiger partial charge < -0.3 is 9.15 Å². The Labute approximate surface area is 224 Å². The Bertz CT molecular complexity index is 1510. The van der Waals surface area contributed by atoms with E-state index in [-0.39, 0.29) is 22.3 Å². The first-order valence-corrected chi connectivity index (χ1v) is 13.8. The number of amides is 1. The maximum absolute atomic E-state index is 14.0. The van der Waals surface area contributed by atoms with E-state index in [1.807, 2.05) is 24.3 Å². The van der Waals surface area contributed by atoms with Crippen LogP contribution in [0.1, 0.15) is 79.2 Å². The number of fused-ring (bicyclic) bond motifs is 2. The van der Waals surface area contributed by atoms with Crippen LogP contribution >= 0.6 is 11.3 Å². The van der Waals surface area contributed by atoms with Crippen LogP contribution in [0.2, 0.25) is 0 Å². The molecule has 3 heterocycles. The van der Waals surface area contributed by atoms with Crippen LogP contribution in [0, 0.1) is 11.7 Å². The van der Waals surface area contributed by atoms with E-state index in [4.69, 9.17) is 9.15 Å². The lowest BCUT2D eigenvalue weighted by Gasteiger charge is -2.22. The van der Waals surface area contributed by atoms with Crippen molar-refractivity contribution < 1.29 is 18.3 Å². The predicted octanol–water partition coefficient (Wildman–Crippen LogP) is 6.69. The van der Waals surface area contributed by atoms with E-state index in [0.717, 1.165) is 36.8 Å². The van der Waals surface area contributed by atoms with E-state index >= 15 is 0 Å². The molecule has 0 fully saturated rings. The van der Waals surface area contributed by atoms with Gasteiger partial charge in [0, 0.05) is 6.42 Å². The lowest BCUT2D eigenvalue weighted by molar-refractivity contribution is 0.0970. The fraction of sp³-hybridized carbons (Fsp3) is 0.379. The van der Waals surface area contributed by atoms with Gasteiger partial charge in [0.05, 0.1) is 23.6 Å². The molecule has 9 heteroatoms. The Morgan fingerprint density at radius 3 is 2.61 bits per heavy atom. The molecule has 0 bridgehead atoms. The Morgan fingerprint density at radius 2 is 1.87 bits per heavy atom. The zero-order valence-electron chi connectivity index (χ0n) is 21.7. The first-order valence-electron chi connectivity index (χ1n) is 13.0. The van der Waals surface area contributed by atoms with E-state index in [1.165, 1.54) is 34.8 Å². The Balaban J connectivity index is 1.55. The average molecular weight is 536 g/mol. The first kappa shape index (κ1) is 26.0. The molecule has 0 aliphatic carbocycles. The van der Waals surface area contributed by atoms with Gasteiger partial charge in [-0.25, -0.2) is 4.39 Å². The molecule has 5 rings (SSSR count). The summed E-state index contributed by atoms with van der Waals surface area (Å²) >= 11 is 1.32. The number of nitrogens with zero attached hydrogens (tertiary/aromatic N) is 3. The Kier molecular flexibility index (Phi) is 7.56. The number of unbranched alkanes of at least 4 members (excludes halogenated alkanes) is 3. The minimum atomic E-state index is -0.792. The van der Waals surface area contributed by atoms with E-state index in [0.29, 0.717) is 29.0 Å². The quantitative estimate of drug-likeness (QED) is 0.210. The van der Waals surface area contributed by atoms with Crippen molar-refractivity contribution in [1.82, 2.24) is 10.2 Å². The first-order chi connectivity index (χ1) is 18.4. The number of carbonyl (C=O) groups excluding carboxylic acids is 1. The lowest BCUT2D eigenvalue weighted by Crippen LogP contribution is -2.29. The van der Waals surface area contributed by atoms with Gasteiger partial charge in [-0.2, -0.15) is 0 Å². The van der Waals surface area contributed by atoms with Gasteiger partial charge in [0.25, 0.3) is 5.91 Å². The van der Waals surface area contributed by atoms with Crippen LogP contribution in [0.5, 0.6) is 5.75 Å². The zero-order valence-corrected chi connectivity index (χ0v) is 22.5. The summed E-state index contributed by atoms with van der Waals surface area (Å²) in [5, 5.41) is 9.86. The van der Waals surface area contributed by atoms with Gasteiger partial charge in [-0.05, 0) is 48.2 Å². The summed E-state index contributed by atoms with van der Waals surface area (Å²) in [6.07, 6.45) is 5.17. The van der Waals surface area contributed by atoms with Gasteiger partial charge in [-0.15, -0.1) is 10.2 Å². The van der Waals surface area contributed by atoms with Crippen LogP contribution in [0.3, 0.4) is 0 Å². The van der Waals surface area contributed by atoms with Crippen LogP contribution < -0.4 is 15.1 Å². The molecule has 0 N–H and O–H groups in total. The number of hydrogen-bond acceptors (Lipinski definition) is 7. The fourth-order valence-corrected chi connectivity index (χ4v) is 5.77. The van der Waals surface area contributed by atoms with Gasteiger partial charge in [-0.3, -0.25) is 14.5 Å². The van der Waals surface area contributed by atoms with E-state index in [9.17, 15) is 14.0 Å². The van der Waals surface area contributed by atoms with Gasteiger partial charge >= 0.3 is 0 Å². The van der Waals surface area contributed by atoms with Gasteiger partial charge in [0.1, 0.15) is 22.2 Å². The fourth-order valence-electron chi connectivity index (χ4n) is 4.70. The standard InChI is InChI=1S/C29H30FN3O4S/c1-4-5-6-7-14-36-20-11-8-18(9-12-20)25-24-26(34)21-16-19(30)10-13-22(21)37-27(24)28(35)33(25)29-32-31-23(38-29)15-17(2)3/h8-13,16-17,25H,4-7,14-15H2,1-3H3. The summed E-state index contributed by atoms with van der Waals surface area (Å²) in [5.41, 5.74) is 0.583. The summed E-state index contributed by atoms with van der Waals surface area (Å²) in [5.74, 6) is -0.00159. The third kappa shape index (κ3) is 5.07. The molecule has 4 aromatic rings. The topological polar surface area (TPSA) is 85.5 Å². The molecule has 38 heavy (non-hydrogen) atoms. The number of rotatable bonds is 10. The molecule has 1 unspecified atom stereocenters. The number of carbonyl (C=O) groups is 1. The average Bonchev–Trinajstić information content (AvgIpc) is 3.46. The molecular formula is C29H30FN3O4S. The molecule has 7 nitrogen and oxygen atoms in total. The van der Waals surface area contributed by atoms with Gasteiger partial charge in [0.15, 0.2) is 5.43 Å². The molecule has 1 amide bonds. The van der Waals surface area contributed by atoms with Crippen LogP contribution in [-0.4, -0.2) is 22.7 Å². The highest BCUT2D eigenvalue weighted by Crippen LogP contribution is 2.42. The highest BCUT2D eigenvalue weighted by molar-refractivity contribution is 7.15. The number of anilines is 1. The Hall–Kier alpha value is -3.59. The summed E-state index contributed by atoms with van der Waals surface area (Å²) in [7, 11) is 0. The third-order valence-corrected chi connectivity index (χ3v) is 7.48. The summed E-state index contributed by atoms with van der Waals surface area (Å²) in [6, 6.07) is 10.3. The number of hydrogen-bond donors (Lipinski definition) is 0. The molecule has 1 aliphatic rings. The largest absolute Gasteiger partial charge is 0.494 e. The summed E-state index contributed by atoms with van der Waals surface area (Å²) < 4.78 is 25.8. The van der Waals surface area contributed by atoms with Crippen LogP contribution in [0.4, 0.5) is 9.52 Å². The minimum Gasteiger partial charge on any atom is -0.494 e. The summed E-state index contributed by atoms with van der Waals surface area (Å²) in [6.45, 7) is 6.96. The molecule has 1 atom stereocenters. The van der Waals surface area contributed by atoms with Crippen molar-refractivity contribution >= 4 is 33.3 Å². The van der Waals surface area contributed by atoms with Crippen LogP contribution in [0.15, 0.2) is 51.7 Å². The van der Waals surface area contributed by atoms with Crippen LogP contribution in [-0.2, 0) is 6.42 Å². The molecule has 0 spiro atoms. The number of aromatic nitrogens is 2. The third-order valence-electron chi connectivity index (χ3n) is 6.54. The Morgan fingerprint density at radius 1 is 1.08 bits per heavy atom. The van der Waals surface area contributed by atoms with E-state index in [2.05, 4.69) is 31.0 Å². The van der Waals surface area contributed by atoms with E-state index < -0.39 is 23.2 Å². The van der Waals surface area contributed by atoms with Crippen molar-refractivity contribution in [3.8, 4) is 5.75 Å². The number of ether oxygens (including phenoxy) is 1. The molecule has 198 valence electrons. The molecule has 0 radical (unpaired) electrons. The molecule has 1 aliphatic heterocycles. The number of benzene rings is 2. The van der Waals surface area contributed by atoms with Crippen molar-refractivity contribution in [1.29, 1.82) is 0 Å². The molecule has 2 aromatic carbocycles. The van der Waals surface area contributed by atoms with Crippen molar-refractivity contribution in [3.63, 3.8) is 0 Å². The normalized spacial score (nSPS) is 15.0. The van der Waals surface area contributed by atoms with E-state index in [1.54, 1.807) is 0 Å². The molecule has 0 saturated carbocycles. The second-order valence-electron chi connectivity index (χ2n) is 9.95. The van der Waals surface area contributed by atoms with Crippen molar-refractivity contribution in [2.45, 2.75) is 58.9 Å². The molecule has 0 saturated heterocycles.